The largest absolute Gasteiger partial charge is 0.391 e. The second-order valence-electron chi connectivity index (χ2n) is 3.56. The van der Waals surface area contributed by atoms with E-state index in [-0.39, 0.29) is 12.0 Å². The Morgan fingerprint density at radius 2 is 2.50 bits per heavy atom. The molecule has 1 aliphatic rings. The Bertz CT molecular complexity index is 310. The Balaban J connectivity index is 2.04. The van der Waals surface area contributed by atoms with E-state index in [9.17, 15) is 9.90 Å². The number of aliphatic hydroxyl groups excluding tert-OH is 1. The summed E-state index contributed by atoms with van der Waals surface area (Å²) in [7, 11) is 0. The fourth-order valence-corrected chi connectivity index (χ4v) is 2.34. The summed E-state index contributed by atoms with van der Waals surface area (Å²) in [4.78, 5) is 13.6. The van der Waals surface area contributed by atoms with Crippen molar-refractivity contribution in [2.24, 2.45) is 0 Å². The molecule has 1 aromatic rings. The first kappa shape index (κ1) is 9.68. The number of piperidine rings is 1. The maximum atomic E-state index is 11.8. The minimum Gasteiger partial charge on any atom is -0.391 e. The first-order chi connectivity index (χ1) is 6.77. The number of thiophene rings is 1. The summed E-state index contributed by atoms with van der Waals surface area (Å²) in [5.74, 6) is 0.0463. The van der Waals surface area contributed by atoms with Crippen molar-refractivity contribution in [1.29, 1.82) is 0 Å². The molecular formula is C10H13NO2S. The van der Waals surface area contributed by atoms with Gasteiger partial charge in [0, 0.05) is 18.5 Å². The lowest BCUT2D eigenvalue weighted by Gasteiger charge is -2.29. The monoisotopic (exact) mass is 211 g/mol. The van der Waals surface area contributed by atoms with Crippen LogP contribution in [0.15, 0.2) is 16.8 Å². The Hall–Kier alpha value is -0.870. The third-order valence-corrected chi connectivity index (χ3v) is 3.14. The molecular weight excluding hydrogens is 198 g/mol. The molecule has 0 unspecified atom stereocenters. The first-order valence-corrected chi connectivity index (χ1v) is 5.71. The molecule has 1 amide bonds. The van der Waals surface area contributed by atoms with E-state index < -0.39 is 0 Å². The molecule has 0 radical (unpaired) electrons. The van der Waals surface area contributed by atoms with Gasteiger partial charge in [0.1, 0.15) is 0 Å². The third-order valence-electron chi connectivity index (χ3n) is 2.45. The summed E-state index contributed by atoms with van der Waals surface area (Å²) >= 11 is 1.52. The molecule has 0 bridgehead atoms. The van der Waals surface area contributed by atoms with E-state index in [0.717, 1.165) is 24.9 Å². The van der Waals surface area contributed by atoms with Crippen LogP contribution in [0.4, 0.5) is 0 Å². The molecule has 2 rings (SSSR count). The number of nitrogens with zero attached hydrogens (tertiary/aromatic N) is 1. The van der Waals surface area contributed by atoms with Gasteiger partial charge in [-0.25, -0.2) is 0 Å². The van der Waals surface area contributed by atoms with E-state index >= 15 is 0 Å². The van der Waals surface area contributed by atoms with Crippen molar-refractivity contribution in [2.45, 2.75) is 18.9 Å². The van der Waals surface area contributed by atoms with E-state index in [1.54, 1.807) is 4.90 Å². The van der Waals surface area contributed by atoms with Crippen molar-refractivity contribution in [1.82, 2.24) is 4.90 Å². The zero-order valence-electron chi connectivity index (χ0n) is 7.85. The maximum Gasteiger partial charge on any atom is 0.254 e. The highest BCUT2D eigenvalue weighted by atomic mass is 32.1. The topological polar surface area (TPSA) is 40.5 Å². The second kappa shape index (κ2) is 4.11. The van der Waals surface area contributed by atoms with Gasteiger partial charge in [0.05, 0.1) is 11.7 Å². The summed E-state index contributed by atoms with van der Waals surface area (Å²) in [5.41, 5.74) is 0.740. The Morgan fingerprint density at radius 1 is 1.64 bits per heavy atom. The molecule has 0 saturated carbocycles. The molecule has 0 aromatic carbocycles. The third kappa shape index (κ3) is 1.96. The zero-order chi connectivity index (χ0) is 9.97. The number of hydrogen-bond donors (Lipinski definition) is 1. The van der Waals surface area contributed by atoms with Gasteiger partial charge >= 0.3 is 0 Å². The van der Waals surface area contributed by atoms with Gasteiger partial charge in [-0.2, -0.15) is 11.3 Å². The van der Waals surface area contributed by atoms with Crippen LogP contribution < -0.4 is 0 Å². The van der Waals surface area contributed by atoms with Gasteiger partial charge in [-0.15, -0.1) is 0 Å². The van der Waals surface area contributed by atoms with Crippen LogP contribution in [0.3, 0.4) is 0 Å². The van der Waals surface area contributed by atoms with Crippen molar-refractivity contribution >= 4 is 17.2 Å². The van der Waals surface area contributed by atoms with E-state index in [1.165, 1.54) is 11.3 Å². The van der Waals surface area contributed by atoms with Crippen molar-refractivity contribution in [3.05, 3.63) is 22.4 Å². The molecule has 1 aliphatic heterocycles. The number of β-amino-alcohol motifs (C(OH)–C–C–N with tert-alkyl or cyclic N) is 1. The number of likely N-dealkylation sites (tertiary alicyclic amines) is 1. The van der Waals surface area contributed by atoms with Gasteiger partial charge in [-0.05, 0) is 24.3 Å². The van der Waals surface area contributed by atoms with Gasteiger partial charge in [0.15, 0.2) is 0 Å². The molecule has 2 heterocycles. The highest BCUT2D eigenvalue weighted by Gasteiger charge is 2.22. The molecule has 14 heavy (non-hydrogen) atoms. The van der Waals surface area contributed by atoms with Gasteiger partial charge in [-0.3, -0.25) is 4.79 Å². The summed E-state index contributed by atoms with van der Waals surface area (Å²) in [6.07, 6.45) is 1.37. The minimum atomic E-state index is -0.341. The summed E-state index contributed by atoms with van der Waals surface area (Å²) in [6, 6.07) is 1.83. The molecule has 0 spiro atoms. The lowest BCUT2D eigenvalue weighted by Crippen LogP contribution is -2.42. The maximum absolute atomic E-state index is 11.8. The number of amides is 1. The molecule has 4 heteroatoms. The first-order valence-electron chi connectivity index (χ1n) is 4.77. The van der Waals surface area contributed by atoms with Crippen molar-refractivity contribution in [2.75, 3.05) is 13.1 Å². The lowest BCUT2D eigenvalue weighted by molar-refractivity contribution is 0.0474. The normalized spacial score (nSPS) is 22.4. The molecule has 3 nitrogen and oxygen atoms in total. The smallest absolute Gasteiger partial charge is 0.254 e. The van der Waals surface area contributed by atoms with Crippen LogP contribution in [0.2, 0.25) is 0 Å². The number of rotatable bonds is 1. The lowest BCUT2D eigenvalue weighted by atomic mass is 10.1. The van der Waals surface area contributed by atoms with Crippen LogP contribution >= 0.6 is 11.3 Å². The Kier molecular flexibility index (Phi) is 2.84. The van der Waals surface area contributed by atoms with Gasteiger partial charge in [-0.1, -0.05) is 0 Å². The predicted molar refractivity (Wildman–Crippen MR) is 55.5 cm³/mol. The Morgan fingerprint density at radius 3 is 3.14 bits per heavy atom. The molecule has 1 atom stereocenters. The van der Waals surface area contributed by atoms with Crippen LogP contribution in [-0.2, 0) is 0 Å². The molecule has 1 saturated heterocycles. The van der Waals surface area contributed by atoms with Crippen LogP contribution in [0.1, 0.15) is 23.2 Å². The molecule has 1 aromatic heterocycles. The molecule has 1 N–H and O–H groups in total. The SMILES string of the molecule is O=C(c1ccsc1)N1CCC[C@H](O)C1. The molecule has 0 aliphatic carbocycles. The number of carbonyl (C=O) groups excluding carboxylic acids is 1. The fourth-order valence-electron chi connectivity index (χ4n) is 1.71. The quantitative estimate of drug-likeness (QED) is 0.761. The van der Waals surface area contributed by atoms with Crippen LogP contribution in [-0.4, -0.2) is 35.1 Å². The summed E-state index contributed by atoms with van der Waals surface area (Å²) in [5, 5.41) is 13.2. The summed E-state index contributed by atoms with van der Waals surface area (Å²) < 4.78 is 0. The van der Waals surface area contributed by atoms with Crippen molar-refractivity contribution < 1.29 is 9.90 Å². The van der Waals surface area contributed by atoms with Gasteiger partial charge in [0.25, 0.3) is 5.91 Å². The average Bonchev–Trinajstić information content (AvgIpc) is 2.69. The fraction of sp³-hybridized carbons (Fsp3) is 0.500. The van der Waals surface area contributed by atoms with Gasteiger partial charge < -0.3 is 10.0 Å². The van der Waals surface area contributed by atoms with Crippen LogP contribution in [0.5, 0.6) is 0 Å². The van der Waals surface area contributed by atoms with Crippen LogP contribution in [0, 0.1) is 0 Å². The second-order valence-corrected chi connectivity index (χ2v) is 4.34. The number of aliphatic hydroxyl groups is 1. The zero-order valence-corrected chi connectivity index (χ0v) is 8.67. The Labute approximate surface area is 87.0 Å². The summed E-state index contributed by atoms with van der Waals surface area (Å²) in [6.45, 7) is 1.25. The van der Waals surface area contributed by atoms with E-state index in [2.05, 4.69) is 0 Å². The van der Waals surface area contributed by atoms with Crippen LogP contribution in [0.25, 0.3) is 0 Å². The molecule has 76 valence electrons. The van der Waals surface area contributed by atoms with E-state index in [1.807, 2.05) is 16.8 Å². The van der Waals surface area contributed by atoms with Gasteiger partial charge in [0.2, 0.25) is 0 Å². The van der Waals surface area contributed by atoms with E-state index in [4.69, 9.17) is 0 Å². The van der Waals surface area contributed by atoms with Crippen molar-refractivity contribution in [3.63, 3.8) is 0 Å². The predicted octanol–water partition coefficient (Wildman–Crippen LogP) is 1.34. The molecule has 1 fully saturated rings. The minimum absolute atomic E-state index is 0.0463. The highest BCUT2D eigenvalue weighted by molar-refractivity contribution is 7.08. The van der Waals surface area contributed by atoms with Crippen molar-refractivity contribution in [3.8, 4) is 0 Å². The number of carbonyl (C=O) groups is 1. The van der Waals surface area contributed by atoms with E-state index in [0.29, 0.717) is 6.54 Å². The standard InChI is InChI=1S/C10H13NO2S/c12-9-2-1-4-11(6-9)10(13)8-3-5-14-7-8/h3,5,7,9,12H,1-2,4,6H2/t9-/m0/s1. The highest BCUT2D eigenvalue weighted by Crippen LogP contribution is 2.15. The average molecular weight is 211 g/mol. The number of hydrogen-bond acceptors (Lipinski definition) is 3.